The van der Waals surface area contributed by atoms with Gasteiger partial charge in [0.05, 0.1) is 9.79 Å². The number of rotatable bonds is 10. The van der Waals surface area contributed by atoms with Gasteiger partial charge in [-0.1, -0.05) is 63.8 Å². The fourth-order valence-electron chi connectivity index (χ4n) is 3.28. The van der Waals surface area contributed by atoms with Crippen LogP contribution in [0.3, 0.4) is 0 Å². The van der Waals surface area contributed by atoms with Gasteiger partial charge in [0.1, 0.15) is 0 Å². The molecule has 31 heavy (non-hydrogen) atoms. The molecule has 8 heteroatoms. The lowest BCUT2D eigenvalue weighted by Gasteiger charge is -2.06. The van der Waals surface area contributed by atoms with Crippen LogP contribution < -0.4 is 0 Å². The fourth-order valence-corrected chi connectivity index (χ4v) is 6.62. The first-order chi connectivity index (χ1) is 14.8. The van der Waals surface area contributed by atoms with E-state index < -0.39 is 24.1 Å². The van der Waals surface area contributed by atoms with Crippen molar-refractivity contribution >= 4 is 24.1 Å². The molecule has 0 aliphatic heterocycles. The molecule has 0 fully saturated rings. The van der Waals surface area contributed by atoms with Crippen LogP contribution in [0.5, 0.6) is 0 Å². The number of hydrogen-bond donors (Lipinski definition) is 0. The van der Waals surface area contributed by atoms with E-state index in [1.54, 1.807) is 24.3 Å². The average molecular weight is 463 g/mol. The monoisotopic (exact) mass is 462 g/mol. The molecule has 168 valence electrons. The quantitative estimate of drug-likeness (QED) is 0.163. The van der Waals surface area contributed by atoms with Crippen LogP contribution in [0.4, 0.5) is 0 Å². The molecule has 0 saturated heterocycles. The summed E-state index contributed by atoms with van der Waals surface area (Å²) in [5.41, 5.74) is 11.3. The van der Waals surface area contributed by atoms with Crippen molar-refractivity contribution in [2.75, 3.05) is 0 Å². The second-order valence-corrected chi connectivity index (χ2v) is 11.6. The molecule has 0 unspecified atom stereocenters. The van der Waals surface area contributed by atoms with Gasteiger partial charge in [0, 0.05) is 0 Å². The Kier molecular flexibility index (Phi) is 9.16. The normalized spacial score (nSPS) is 11.8. The number of benzene rings is 2. The van der Waals surface area contributed by atoms with E-state index in [2.05, 4.69) is 18.6 Å². The molecule has 2 aromatic rings. The van der Waals surface area contributed by atoms with Crippen LogP contribution in [-0.2, 0) is 32.5 Å². The van der Waals surface area contributed by atoms with Crippen LogP contribution in [0.25, 0.3) is 5.53 Å². The summed E-state index contributed by atoms with van der Waals surface area (Å²) >= 11 is 0. The minimum Gasteiger partial charge on any atom is -0.359 e. The highest BCUT2D eigenvalue weighted by Gasteiger charge is 2.43. The Balaban J connectivity index is 2.27. The zero-order valence-corrected chi connectivity index (χ0v) is 19.8. The van der Waals surface area contributed by atoms with Gasteiger partial charge in [-0.15, -0.1) is 4.79 Å². The molecule has 0 atom stereocenters. The summed E-state index contributed by atoms with van der Waals surface area (Å²) in [6.45, 7) is 4.21. The van der Waals surface area contributed by atoms with E-state index in [1.165, 1.54) is 24.3 Å². The Bertz CT molecular complexity index is 1030. The van der Waals surface area contributed by atoms with Crippen molar-refractivity contribution in [3.63, 3.8) is 0 Å². The highest BCUT2D eigenvalue weighted by molar-refractivity contribution is 8.31. The zero-order chi connectivity index (χ0) is 22.9. The highest BCUT2D eigenvalue weighted by Crippen LogP contribution is 2.22. The predicted octanol–water partition coefficient (Wildman–Crippen LogP) is 4.99. The van der Waals surface area contributed by atoms with Crippen LogP contribution in [0, 0.1) is 0 Å². The minimum atomic E-state index is -4.51. The van der Waals surface area contributed by atoms with E-state index in [9.17, 15) is 22.4 Å². The molecular weight excluding hydrogens is 432 g/mol. The van der Waals surface area contributed by atoms with Gasteiger partial charge < -0.3 is 5.53 Å². The third kappa shape index (κ3) is 6.35. The molecule has 0 aliphatic rings. The van der Waals surface area contributed by atoms with Crippen molar-refractivity contribution in [2.24, 2.45) is 0 Å². The molecule has 0 aliphatic carbocycles. The molecule has 0 aromatic heterocycles. The van der Waals surface area contributed by atoms with E-state index in [-0.39, 0.29) is 9.79 Å². The van der Waals surface area contributed by atoms with Crippen molar-refractivity contribution in [3.05, 3.63) is 65.2 Å². The first-order valence-corrected chi connectivity index (χ1v) is 13.6. The number of sulfone groups is 2. The van der Waals surface area contributed by atoms with Crippen molar-refractivity contribution < 1.29 is 21.6 Å². The second-order valence-electron chi connectivity index (χ2n) is 7.57. The summed E-state index contributed by atoms with van der Waals surface area (Å²) in [6, 6.07) is 12.1. The van der Waals surface area contributed by atoms with Gasteiger partial charge in [0.15, 0.2) is 0 Å². The maximum Gasteiger partial charge on any atom is 0.504 e. The Morgan fingerprint density at radius 1 is 0.677 bits per heavy atom. The van der Waals surface area contributed by atoms with E-state index in [4.69, 9.17) is 0 Å². The minimum absolute atomic E-state index is 0.223. The van der Waals surface area contributed by atoms with Crippen molar-refractivity contribution in [2.45, 2.75) is 75.0 Å². The van der Waals surface area contributed by atoms with Gasteiger partial charge in [-0.25, -0.2) is 16.8 Å². The maximum absolute atomic E-state index is 12.9. The Labute approximate surface area is 185 Å². The van der Waals surface area contributed by atoms with Crippen LogP contribution in [0.15, 0.2) is 58.3 Å². The van der Waals surface area contributed by atoms with E-state index in [0.29, 0.717) is 0 Å². The van der Waals surface area contributed by atoms with Crippen LogP contribution in [0.1, 0.15) is 63.5 Å². The lowest BCUT2D eigenvalue weighted by Crippen LogP contribution is -2.26. The van der Waals surface area contributed by atoms with Gasteiger partial charge in [0.2, 0.25) is 0 Å². The summed E-state index contributed by atoms with van der Waals surface area (Å²) in [7, 11) is -9.03. The molecule has 0 bridgehead atoms. The van der Waals surface area contributed by atoms with E-state index >= 15 is 0 Å². The SMILES string of the molecule is CCCCCc1ccc(S(=O)(=O)C(=[N+]=[N-])S(=O)(=O)c2ccc(CCCCC)cc2)cc1. The fraction of sp³-hybridized carbons (Fsp3) is 0.435. The molecule has 0 spiro atoms. The predicted molar refractivity (Wildman–Crippen MR) is 122 cm³/mol. The van der Waals surface area contributed by atoms with Crippen LogP contribution >= 0.6 is 0 Å². The largest absolute Gasteiger partial charge is 0.504 e. The third-order valence-corrected chi connectivity index (χ3v) is 9.33. The Morgan fingerprint density at radius 2 is 1.03 bits per heavy atom. The van der Waals surface area contributed by atoms with Crippen LogP contribution in [0.2, 0.25) is 0 Å². The van der Waals surface area contributed by atoms with Gasteiger partial charge in [-0.05, 0) is 61.1 Å². The molecule has 0 heterocycles. The van der Waals surface area contributed by atoms with Crippen molar-refractivity contribution in [1.29, 1.82) is 0 Å². The molecule has 0 amide bonds. The summed E-state index contributed by atoms with van der Waals surface area (Å²) in [6.07, 6.45) is 7.95. The summed E-state index contributed by atoms with van der Waals surface area (Å²) < 4.78 is 50.4. The Morgan fingerprint density at radius 3 is 1.32 bits per heavy atom. The summed E-state index contributed by atoms with van der Waals surface area (Å²) in [5, 5.41) is 0. The van der Waals surface area contributed by atoms with Crippen LogP contribution in [-0.4, -0.2) is 26.0 Å². The second kappa shape index (κ2) is 11.4. The molecule has 0 N–H and O–H groups in total. The number of unbranched alkanes of at least 4 members (excludes halogenated alkanes) is 4. The standard InChI is InChI=1S/C23H30N2O4S2/c1-3-5-7-9-19-11-15-21(16-12-19)30(26,27)23(25-24)31(28,29)22-17-13-20(14-18-22)10-8-6-4-2/h11-18H,3-10H2,1-2H3. The van der Waals surface area contributed by atoms with Gasteiger partial charge in [0.25, 0.3) is 19.7 Å². The molecule has 2 aromatic carbocycles. The van der Waals surface area contributed by atoms with Gasteiger partial charge in [-0.3, -0.25) is 0 Å². The smallest absolute Gasteiger partial charge is 0.359 e. The number of aryl methyl sites for hydroxylation is 2. The van der Waals surface area contributed by atoms with Crippen molar-refractivity contribution in [3.8, 4) is 0 Å². The lowest BCUT2D eigenvalue weighted by atomic mass is 10.1. The third-order valence-electron chi connectivity index (χ3n) is 5.15. The molecule has 6 nitrogen and oxygen atoms in total. The van der Waals surface area contributed by atoms with Gasteiger partial charge in [-0.2, -0.15) is 0 Å². The molecule has 0 saturated carbocycles. The zero-order valence-electron chi connectivity index (χ0n) is 18.1. The Hall–Kier alpha value is -2.28. The molecule has 0 radical (unpaired) electrons. The number of hydrogen-bond acceptors (Lipinski definition) is 4. The first kappa shape index (κ1) is 25.0. The number of nitrogens with zero attached hydrogens (tertiary/aromatic N) is 2. The van der Waals surface area contributed by atoms with E-state index in [1.807, 2.05) is 0 Å². The molecule has 2 rings (SSSR count). The summed E-state index contributed by atoms with van der Waals surface area (Å²) in [5.74, 6) is 0. The van der Waals surface area contributed by atoms with E-state index in [0.717, 1.165) is 62.5 Å². The van der Waals surface area contributed by atoms with Gasteiger partial charge >= 0.3 is 4.38 Å². The topological polar surface area (TPSA) is 105 Å². The average Bonchev–Trinajstić information content (AvgIpc) is 2.75. The first-order valence-electron chi connectivity index (χ1n) is 10.7. The molecular formula is C23H30N2O4S2. The van der Waals surface area contributed by atoms with Crippen molar-refractivity contribution in [1.82, 2.24) is 0 Å². The summed E-state index contributed by atoms with van der Waals surface area (Å²) in [4.78, 5) is 2.25. The lowest BCUT2D eigenvalue weighted by molar-refractivity contribution is 0.00380. The maximum atomic E-state index is 12.9. The highest BCUT2D eigenvalue weighted by atomic mass is 32.3.